The standard InChI is InChI=1S/C10H12BrNO.ClH/c1-13-9-5-3-7(11)6-2-4-8(12)10(6)9;/h3,5,8H,2,4,12H2,1H3;1H. The Morgan fingerprint density at radius 2 is 2.21 bits per heavy atom. The highest BCUT2D eigenvalue weighted by Crippen LogP contribution is 2.40. The lowest BCUT2D eigenvalue weighted by Gasteiger charge is -2.11. The van der Waals surface area contributed by atoms with Gasteiger partial charge in [0.15, 0.2) is 0 Å². The number of benzene rings is 1. The normalized spacial score (nSPS) is 18.6. The third-order valence-electron chi connectivity index (χ3n) is 2.56. The molecular weight excluding hydrogens is 265 g/mol. The van der Waals surface area contributed by atoms with Crippen molar-refractivity contribution in [3.05, 3.63) is 27.7 Å². The Labute approximate surface area is 98.4 Å². The summed E-state index contributed by atoms with van der Waals surface area (Å²) in [6.07, 6.45) is 2.07. The molecule has 78 valence electrons. The Bertz CT molecular complexity index is 343. The second kappa shape index (κ2) is 4.51. The molecule has 0 fully saturated rings. The van der Waals surface area contributed by atoms with E-state index in [1.54, 1.807) is 7.11 Å². The molecule has 1 atom stereocenters. The zero-order valence-corrected chi connectivity index (χ0v) is 10.3. The van der Waals surface area contributed by atoms with Gasteiger partial charge in [-0.25, -0.2) is 0 Å². The molecule has 1 aliphatic carbocycles. The van der Waals surface area contributed by atoms with E-state index < -0.39 is 0 Å². The van der Waals surface area contributed by atoms with Gasteiger partial charge in [-0.05, 0) is 30.5 Å². The molecule has 0 aromatic heterocycles. The van der Waals surface area contributed by atoms with Crippen molar-refractivity contribution in [1.82, 2.24) is 0 Å². The lowest BCUT2D eigenvalue weighted by Crippen LogP contribution is -2.07. The summed E-state index contributed by atoms with van der Waals surface area (Å²) < 4.78 is 6.43. The van der Waals surface area contributed by atoms with Crippen LogP contribution in [0.1, 0.15) is 23.6 Å². The van der Waals surface area contributed by atoms with Crippen molar-refractivity contribution < 1.29 is 4.74 Å². The van der Waals surface area contributed by atoms with Gasteiger partial charge >= 0.3 is 0 Å². The summed E-state index contributed by atoms with van der Waals surface area (Å²) in [5, 5.41) is 0. The summed E-state index contributed by atoms with van der Waals surface area (Å²) >= 11 is 3.53. The monoisotopic (exact) mass is 277 g/mol. The lowest BCUT2D eigenvalue weighted by molar-refractivity contribution is 0.407. The summed E-state index contributed by atoms with van der Waals surface area (Å²) in [5.41, 5.74) is 8.48. The average molecular weight is 279 g/mol. The summed E-state index contributed by atoms with van der Waals surface area (Å²) in [6.45, 7) is 0. The number of fused-ring (bicyclic) bond motifs is 1. The van der Waals surface area contributed by atoms with Crippen LogP contribution in [0.25, 0.3) is 0 Å². The van der Waals surface area contributed by atoms with Gasteiger partial charge < -0.3 is 10.5 Å². The molecule has 0 saturated carbocycles. The predicted molar refractivity (Wildman–Crippen MR) is 63.2 cm³/mol. The fraction of sp³-hybridized carbons (Fsp3) is 0.400. The van der Waals surface area contributed by atoms with Crippen LogP contribution in [0.15, 0.2) is 16.6 Å². The van der Waals surface area contributed by atoms with E-state index in [1.165, 1.54) is 11.1 Å². The summed E-state index contributed by atoms with van der Waals surface area (Å²) in [7, 11) is 1.69. The molecule has 1 aromatic carbocycles. The number of halogens is 2. The van der Waals surface area contributed by atoms with E-state index in [-0.39, 0.29) is 18.4 Å². The highest BCUT2D eigenvalue weighted by Gasteiger charge is 2.24. The molecule has 4 heteroatoms. The van der Waals surface area contributed by atoms with Crippen molar-refractivity contribution in [1.29, 1.82) is 0 Å². The maximum Gasteiger partial charge on any atom is 0.123 e. The lowest BCUT2D eigenvalue weighted by atomic mass is 10.1. The van der Waals surface area contributed by atoms with E-state index in [9.17, 15) is 0 Å². The SMILES string of the molecule is COc1ccc(Br)c2c1C(N)CC2.Cl. The van der Waals surface area contributed by atoms with E-state index in [4.69, 9.17) is 10.5 Å². The minimum Gasteiger partial charge on any atom is -0.496 e. The van der Waals surface area contributed by atoms with E-state index in [0.717, 1.165) is 23.1 Å². The van der Waals surface area contributed by atoms with Crippen molar-refractivity contribution in [2.75, 3.05) is 7.11 Å². The molecule has 2 rings (SSSR count). The van der Waals surface area contributed by atoms with Gasteiger partial charge in [0.05, 0.1) is 7.11 Å². The van der Waals surface area contributed by atoms with Crippen molar-refractivity contribution in [2.45, 2.75) is 18.9 Å². The second-order valence-corrected chi connectivity index (χ2v) is 4.14. The number of hydrogen-bond acceptors (Lipinski definition) is 2. The van der Waals surface area contributed by atoms with Crippen LogP contribution >= 0.6 is 28.3 Å². The van der Waals surface area contributed by atoms with Gasteiger partial charge in [-0.15, -0.1) is 12.4 Å². The zero-order valence-electron chi connectivity index (χ0n) is 7.92. The van der Waals surface area contributed by atoms with Crippen LogP contribution in [0.2, 0.25) is 0 Å². The number of ether oxygens (including phenoxy) is 1. The number of methoxy groups -OCH3 is 1. The zero-order chi connectivity index (χ0) is 9.42. The molecule has 1 aromatic rings. The van der Waals surface area contributed by atoms with E-state index in [0.29, 0.717) is 0 Å². The Morgan fingerprint density at radius 3 is 2.86 bits per heavy atom. The van der Waals surface area contributed by atoms with E-state index in [2.05, 4.69) is 15.9 Å². The van der Waals surface area contributed by atoms with Gasteiger partial charge in [0.25, 0.3) is 0 Å². The van der Waals surface area contributed by atoms with Crippen LogP contribution in [-0.2, 0) is 6.42 Å². The molecular formula is C10H13BrClNO. The van der Waals surface area contributed by atoms with Gasteiger partial charge in [0.2, 0.25) is 0 Å². The van der Waals surface area contributed by atoms with Crippen LogP contribution in [0.5, 0.6) is 5.75 Å². The highest BCUT2D eigenvalue weighted by molar-refractivity contribution is 9.10. The van der Waals surface area contributed by atoms with Crippen LogP contribution < -0.4 is 10.5 Å². The van der Waals surface area contributed by atoms with Gasteiger partial charge in [-0.2, -0.15) is 0 Å². The molecule has 0 amide bonds. The minimum absolute atomic E-state index is 0. The Morgan fingerprint density at radius 1 is 1.50 bits per heavy atom. The van der Waals surface area contributed by atoms with Crippen LogP contribution in [0, 0.1) is 0 Å². The van der Waals surface area contributed by atoms with Gasteiger partial charge in [0.1, 0.15) is 5.75 Å². The molecule has 2 nitrogen and oxygen atoms in total. The maximum atomic E-state index is 5.99. The topological polar surface area (TPSA) is 35.2 Å². The minimum atomic E-state index is 0. The molecule has 0 bridgehead atoms. The van der Waals surface area contributed by atoms with Gasteiger partial charge in [-0.3, -0.25) is 0 Å². The van der Waals surface area contributed by atoms with Crippen LogP contribution in [0.4, 0.5) is 0 Å². The molecule has 0 heterocycles. The smallest absolute Gasteiger partial charge is 0.123 e. The van der Waals surface area contributed by atoms with Gasteiger partial charge in [0, 0.05) is 16.1 Å². The summed E-state index contributed by atoms with van der Waals surface area (Å²) in [4.78, 5) is 0. The number of hydrogen-bond donors (Lipinski definition) is 1. The Balaban J connectivity index is 0.000000980. The van der Waals surface area contributed by atoms with Gasteiger partial charge in [-0.1, -0.05) is 15.9 Å². The Hall–Kier alpha value is -0.250. The largest absolute Gasteiger partial charge is 0.496 e. The molecule has 2 N–H and O–H groups in total. The molecule has 0 saturated heterocycles. The molecule has 1 aliphatic rings. The highest BCUT2D eigenvalue weighted by atomic mass is 79.9. The first-order valence-corrected chi connectivity index (χ1v) is 5.14. The van der Waals surface area contributed by atoms with Crippen LogP contribution in [0.3, 0.4) is 0 Å². The fourth-order valence-electron chi connectivity index (χ4n) is 1.90. The van der Waals surface area contributed by atoms with Crippen molar-refractivity contribution >= 4 is 28.3 Å². The summed E-state index contributed by atoms with van der Waals surface area (Å²) in [6, 6.07) is 4.13. The van der Waals surface area contributed by atoms with Crippen molar-refractivity contribution in [2.24, 2.45) is 5.73 Å². The number of nitrogens with two attached hydrogens (primary N) is 1. The first-order chi connectivity index (χ1) is 6.24. The third-order valence-corrected chi connectivity index (χ3v) is 3.30. The van der Waals surface area contributed by atoms with E-state index in [1.807, 2.05) is 12.1 Å². The first-order valence-electron chi connectivity index (χ1n) is 4.35. The molecule has 0 radical (unpaired) electrons. The average Bonchev–Trinajstić information content (AvgIpc) is 2.51. The quantitative estimate of drug-likeness (QED) is 0.857. The molecule has 0 spiro atoms. The van der Waals surface area contributed by atoms with Crippen molar-refractivity contribution in [3.63, 3.8) is 0 Å². The van der Waals surface area contributed by atoms with E-state index >= 15 is 0 Å². The Kier molecular flexibility index (Phi) is 3.81. The van der Waals surface area contributed by atoms with Crippen LogP contribution in [-0.4, -0.2) is 7.11 Å². The summed E-state index contributed by atoms with van der Waals surface area (Å²) in [5.74, 6) is 0.920. The molecule has 0 aliphatic heterocycles. The van der Waals surface area contributed by atoms with Crippen molar-refractivity contribution in [3.8, 4) is 5.75 Å². The maximum absolute atomic E-state index is 5.99. The third kappa shape index (κ3) is 1.76. The predicted octanol–water partition coefficient (Wildman–Crippen LogP) is 2.83. The number of rotatable bonds is 1. The fourth-order valence-corrected chi connectivity index (χ4v) is 2.44. The first kappa shape index (κ1) is 11.8. The second-order valence-electron chi connectivity index (χ2n) is 3.29. The molecule has 1 unspecified atom stereocenters. The molecule has 14 heavy (non-hydrogen) atoms.